The van der Waals surface area contributed by atoms with Crippen LogP contribution in [0.15, 0.2) is 60.7 Å². The first kappa shape index (κ1) is 22.3. The molecule has 0 N–H and O–H groups in total. The first-order valence-corrected chi connectivity index (χ1v) is 10.2. The summed E-state index contributed by atoms with van der Waals surface area (Å²) < 4.78 is 43.4. The number of alkyl halides is 3. The third-order valence-electron chi connectivity index (χ3n) is 3.11. The molecule has 2 aromatic rings. The molecular weight excluding hydrogens is 362 g/mol. The molecule has 144 valence electrons. The van der Waals surface area contributed by atoms with Gasteiger partial charge in [-0.3, -0.25) is 0 Å². The summed E-state index contributed by atoms with van der Waals surface area (Å²) in [5.41, 5.74) is 1.31. The van der Waals surface area contributed by atoms with Crippen molar-refractivity contribution in [3.63, 3.8) is 0 Å². The van der Waals surface area contributed by atoms with E-state index in [0.29, 0.717) is 0 Å². The van der Waals surface area contributed by atoms with Crippen LogP contribution in [-0.4, -0.2) is 46.0 Å². The molecule has 1 heterocycles. The van der Waals surface area contributed by atoms with E-state index in [-0.39, 0.29) is 5.75 Å². The van der Waals surface area contributed by atoms with Crippen LogP contribution in [0.1, 0.15) is 0 Å². The van der Waals surface area contributed by atoms with Gasteiger partial charge in [0.05, 0.1) is 13.2 Å². The van der Waals surface area contributed by atoms with Gasteiger partial charge in [0, 0.05) is 18.8 Å². The number of morpholine rings is 1. The topological polar surface area (TPSA) is 21.7 Å². The van der Waals surface area contributed by atoms with E-state index in [2.05, 4.69) is 47.2 Å². The minimum absolute atomic E-state index is 0.194. The Morgan fingerprint density at radius 2 is 1.35 bits per heavy atom. The Morgan fingerprint density at radius 3 is 1.81 bits per heavy atom. The van der Waals surface area contributed by atoms with Crippen LogP contribution in [0.4, 0.5) is 18.9 Å². The van der Waals surface area contributed by atoms with E-state index in [4.69, 9.17) is 4.74 Å². The molecule has 0 amide bonds. The van der Waals surface area contributed by atoms with Gasteiger partial charge in [-0.25, -0.2) is 0 Å². The van der Waals surface area contributed by atoms with Gasteiger partial charge in [-0.2, -0.15) is 0 Å². The number of benzene rings is 2. The zero-order chi connectivity index (χ0) is 19.3. The van der Waals surface area contributed by atoms with E-state index in [9.17, 15) is 13.2 Å². The Morgan fingerprint density at radius 1 is 0.885 bits per heavy atom. The van der Waals surface area contributed by atoms with Gasteiger partial charge in [0.1, 0.15) is 5.75 Å². The van der Waals surface area contributed by atoms with Gasteiger partial charge in [-0.1, -0.05) is 36.4 Å². The van der Waals surface area contributed by atoms with Gasteiger partial charge in [-0.05, 0) is 37.6 Å². The van der Waals surface area contributed by atoms with Gasteiger partial charge >= 0.3 is 6.36 Å². The highest BCUT2D eigenvalue weighted by Gasteiger charge is 2.30. The van der Waals surface area contributed by atoms with E-state index >= 15 is 0 Å². The Kier molecular flexibility index (Phi) is 10.7. The van der Waals surface area contributed by atoms with Crippen LogP contribution in [-0.2, 0) is 4.74 Å². The lowest BCUT2D eigenvalue weighted by molar-refractivity contribution is -0.274. The molecule has 0 aromatic heterocycles. The monoisotopic (exact) mass is 387 g/mol. The Labute approximate surface area is 154 Å². The standard InChI is InChI=1S/C10H13NO.C7H5F3O.C2H7P/c1-2-4-10(5-3-1)11-6-8-12-9-7-11;8-7(9,10)11-6-4-2-1-3-5-6;1-3-2/h1-5H,6-9H2;1-5H;3H,1-2H3. The second-order valence-electron chi connectivity index (χ2n) is 5.30. The molecule has 3 nitrogen and oxygen atoms in total. The minimum atomic E-state index is -4.60. The first-order valence-electron chi connectivity index (χ1n) is 8.23. The number of ether oxygens (including phenoxy) is 2. The highest BCUT2D eigenvalue weighted by atomic mass is 31.1. The van der Waals surface area contributed by atoms with E-state index in [1.54, 1.807) is 6.07 Å². The maximum Gasteiger partial charge on any atom is 0.573 e. The third-order valence-corrected chi connectivity index (χ3v) is 3.11. The summed E-state index contributed by atoms with van der Waals surface area (Å²) >= 11 is 0. The molecule has 1 aliphatic heterocycles. The van der Waals surface area contributed by atoms with Gasteiger partial charge in [0.15, 0.2) is 0 Å². The molecule has 0 aliphatic carbocycles. The highest BCUT2D eigenvalue weighted by molar-refractivity contribution is 7.35. The summed E-state index contributed by atoms with van der Waals surface area (Å²) in [4.78, 5) is 2.35. The largest absolute Gasteiger partial charge is 0.573 e. The molecule has 0 saturated carbocycles. The summed E-state index contributed by atoms with van der Waals surface area (Å²) in [6.45, 7) is 8.05. The molecule has 2 aromatic carbocycles. The lowest BCUT2D eigenvalue weighted by Gasteiger charge is -2.28. The molecule has 7 heteroatoms. The van der Waals surface area contributed by atoms with Crippen LogP contribution in [0.3, 0.4) is 0 Å². The number of nitrogens with zero attached hydrogens (tertiary/aromatic N) is 1. The van der Waals surface area contributed by atoms with Crippen LogP contribution in [0, 0.1) is 0 Å². The van der Waals surface area contributed by atoms with E-state index in [1.165, 1.54) is 30.0 Å². The van der Waals surface area contributed by atoms with Crippen LogP contribution < -0.4 is 9.64 Å². The summed E-state index contributed by atoms with van der Waals surface area (Å²) in [6, 6.07) is 17.5. The second-order valence-corrected chi connectivity index (χ2v) is 6.30. The Bertz CT molecular complexity index is 576. The fraction of sp³-hybridized carbons (Fsp3) is 0.368. The van der Waals surface area contributed by atoms with Crippen molar-refractivity contribution in [2.45, 2.75) is 6.36 Å². The average molecular weight is 387 g/mol. The van der Waals surface area contributed by atoms with Crippen LogP contribution in [0.5, 0.6) is 5.75 Å². The van der Waals surface area contributed by atoms with Crippen molar-refractivity contribution in [1.29, 1.82) is 0 Å². The summed E-state index contributed by atoms with van der Waals surface area (Å²) in [5, 5.41) is 0. The number of anilines is 1. The summed E-state index contributed by atoms with van der Waals surface area (Å²) in [7, 11) is 1.08. The van der Waals surface area contributed by atoms with Crippen LogP contribution in [0.25, 0.3) is 0 Å². The van der Waals surface area contributed by atoms with Gasteiger partial charge in [0.2, 0.25) is 0 Å². The zero-order valence-corrected chi connectivity index (χ0v) is 16.0. The van der Waals surface area contributed by atoms with E-state index < -0.39 is 6.36 Å². The molecular formula is C19H25F3NO2P. The number of rotatable bonds is 2. The minimum Gasteiger partial charge on any atom is -0.406 e. The molecule has 1 saturated heterocycles. The van der Waals surface area contributed by atoms with Crippen molar-refractivity contribution in [3.8, 4) is 5.75 Å². The maximum atomic E-state index is 11.5. The quantitative estimate of drug-likeness (QED) is 0.675. The molecule has 3 rings (SSSR count). The molecule has 0 bridgehead atoms. The Hall–Kier alpha value is -1.78. The van der Waals surface area contributed by atoms with Gasteiger partial charge < -0.3 is 14.4 Å². The SMILES string of the molecule is CPC.FC(F)(F)Oc1ccccc1.c1ccc(N2CCOCC2)cc1. The summed E-state index contributed by atoms with van der Waals surface area (Å²) in [5.74, 6) is -0.194. The van der Waals surface area contributed by atoms with E-state index in [1.807, 2.05) is 6.07 Å². The van der Waals surface area contributed by atoms with Gasteiger partial charge in [0.25, 0.3) is 0 Å². The van der Waals surface area contributed by atoms with Crippen molar-refractivity contribution in [2.75, 3.05) is 44.5 Å². The number of hydrogen-bond acceptors (Lipinski definition) is 3. The third kappa shape index (κ3) is 10.3. The molecule has 0 spiro atoms. The fourth-order valence-electron chi connectivity index (χ4n) is 2.08. The second kappa shape index (κ2) is 12.6. The van der Waals surface area contributed by atoms with Crippen LogP contribution >= 0.6 is 8.58 Å². The molecule has 1 fully saturated rings. The molecule has 0 radical (unpaired) electrons. The zero-order valence-electron chi connectivity index (χ0n) is 15.0. The molecule has 26 heavy (non-hydrogen) atoms. The predicted molar refractivity (Wildman–Crippen MR) is 103 cm³/mol. The van der Waals surface area contributed by atoms with Crippen molar-refractivity contribution in [2.24, 2.45) is 0 Å². The number of hydrogen-bond donors (Lipinski definition) is 0. The van der Waals surface area contributed by atoms with E-state index in [0.717, 1.165) is 34.9 Å². The maximum absolute atomic E-state index is 11.5. The smallest absolute Gasteiger partial charge is 0.406 e. The van der Waals surface area contributed by atoms with Crippen molar-refractivity contribution < 1.29 is 22.6 Å². The first-order chi connectivity index (χ1) is 12.5. The molecule has 0 atom stereocenters. The lowest BCUT2D eigenvalue weighted by Crippen LogP contribution is -2.36. The number of para-hydroxylation sites is 2. The van der Waals surface area contributed by atoms with Crippen molar-refractivity contribution in [1.82, 2.24) is 0 Å². The van der Waals surface area contributed by atoms with Crippen molar-refractivity contribution >= 4 is 14.3 Å². The Balaban J connectivity index is 0.000000227. The highest BCUT2D eigenvalue weighted by Crippen LogP contribution is 2.21. The van der Waals surface area contributed by atoms with Crippen LogP contribution in [0.2, 0.25) is 0 Å². The van der Waals surface area contributed by atoms with Gasteiger partial charge in [-0.15, -0.1) is 21.8 Å². The normalized spacial score (nSPS) is 13.7. The fourth-order valence-corrected chi connectivity index (χ4v) is 2.08. The van der Waals surface area contributed by atoms with Crippen molar-refractivity contribution in [3.05, 3.63) is 60.7 Å². The molecule has 1 aliphatic rings. The lowest BCUT2D eigenvalue weighted by atomic mass is 10.3. The number of halogens is 3. The average Bonchev–Trinajstić information content (AvgIpc) is 2.64. The predicted octanol–water partition coefficient (Wildman–Crippen LogP) is 5.03. The molecule has 0 unspecified atom stereocenters. The summed E-state index contributed by atoms with van der Waals surface area (Å²) in [6.07, 6.45) is -4.60.